The number of hydrogen-bond donors (Lipinski definition) is 2. The molecule has 3 N–H and O–H groups in total. The molecule has 0 aromatic heterocycles. The molecular formula is C20H38N2O4. The van der Waals surface area contributed by atoms with Crippen LogP contribution in [0, 0.1) is 0 Å². The molecule has 0 rings (SSSR count). The number of unbranched alkanes of at least 4 members (excludes halogenated alkanes) is 8. The third-order valence-electron chi connectivity index (χ3n) is 4.16. The van der Waals surface area contributed by atoms with Crippen molar-refractivity contribution < 1.29 is 19.1 Å². The average Bonchev–Trinajstić information content (AvgIpc) is 2.56. The molecule has 6 nitrogen and oxygen atoms in total. The van der Waals surface area contributed by atoms with Crippen LogP contribution in [0.3, 0.4) is 0 Å². The molecule has 6 heteroatoms. The summed E-state index contributed by atoms with van der Waals surface area (Å²) >= 11 is 0. The van der Waals surface area contributed by atoms with Crippen LogP contribution in [-0.4, -0.2) is 29.9 Å². The lowest BCUT2D eigenvalue weighted by atomic mass is 10.1. The van der Waals surface area contributed by atoms with Gasteiger partial charge in [0.15, 0.2) is 0 Å². The summed E-state index contributed by atoms with van der Waals surface area (Å²) in [6.07, 6.45) is 11.0. The van der Waals surface area contributed by atoms with Crippen molar-refractivity contribution in [2.75, 3.05) is 0 Å². The Labute approximate surface area is 158 Å². The maximum atomic E-state index is 12.1. The smallest absolute Gasteiger partial charge is 0.328 e. The zero-order chi connectivity index (χ0) is 19.8. The van der Waals surface area contributed by atoms with Crippen molar-refractivity contribution in [2.45, 2.75) is 110 Å². The van der Waals surface area contributed by atoms with E-state index in [0.29, 0.717) is 6.42 Å². The Balaban J connectivity index is 4.00. The SMILES string of the molecule is CCCCCCCCCCCC(=O)NC(CCC(N)=O)C(=O)OC(C)C. The maximum Gasteiger partial charge on any atom is 0.328 e. The van der Waals surface area contributed by atoms with Crippen LogP contribution in [0.4, 0.5) is 0 Å². The fraction of sp³-hybridized carbons (Fsp3) is 0.850. The molecule has 26 heavy (non-hydrogen) atoms. The first-order valence-corrected chi connectivity index (χ1v) is 10.1. The summed E-state index contributed by atoms with van der Waals surface area (Å²) in [5.74, 6) is -1.19. The largest absolute Gasteiger partial charge is 0.461 e. The fourth-order valence-corrected chi connectivity index (χ4v) is 2.71. The van der Waals surface area contributed by atoms with Gasteiger partial charge < -0.3 is 15.8 Å². The number of nitrogens with one attached hydrogen (secondary N) is 1. The van der Waals surface area contributed by atoms with Crippen molar-refractivity contribution in [2.24, 2.45) is 5.73 Å². The Morgan fingerprint density at radius 3 is 1.92 bits per heavy atom. The van der Waals surface area contributed by atoms with Gasteiger partial charge in [-0.1, -0.05) is 58.3 Å². The molecule has 1 unspecified atom stereocenters. The lowest BCUT2D eigenvalue weighted by Crippen LogP contribution is -2.43. The highest BCUT2D eigenvalue weighted by atomic mass is 16.5. The first-order valence-electron chi connectivity index (χ1n) is 10.1. The summed E-state index contributed by atoms with van der Waals surface area (Å²) in [6.45, 7) is 5.70. The molecule has 1 atom stereocenters. The number of amides is 2. The Hall–Kier alpha value is -1.59. The summed E-state index contributed by atoms with van der Waals surface area (Å²) in [4.78, 5) is 35.0. The number of carbonyl (C=O) groups is 3. The van der Waals surface area contributed by atoms with Gasteiger partial charge in [-0.3, -0.25) is 9.59 Å². The molecule has 0 aliphatic heterocycles. The summed E-state index contributed by atoms with van der Waals surface area (Å²) < 4.78 is 5.14. The zero-order valence-electron chi connectivity index (χ0n) is 16.9. The summed E-state index contributed by atoms with van der Waals surface area (Å²) in [6, 6.07) is -0.809. The van der Waals surface area contributed by atoms with Gasteiger partial charge in [0, 0.05) is 12.8 Å². The minimum atomic E-state index is -0.809. The molecule has 0 aliphatic carbocycles. The molecule has 0 aromatic carbocycles. The molecule has 0 fully saturated rings. The highest BCUT2D eigenvalue weighted by molar-refractivity contribution is 5.85. The Morgan fingerprint density at radius 1 is 0.885 bits per heavy atom. The normalized spacial score (nSPS) is 12.0. The predicted octanol–water partition coefficient (Wildman–Crippen LogP) is 3.61. The molecule has 0 saturated heterocycles. The van der Waals surface area contributed by atoms with E-state index < -0.39 is 17.9 Å². The quantitative estimate of drug-likeness (QED) is 0.320. The van der Waals surface area contributed by atoms with Crippen molar-refractivity contribution in [1.29, 1.82) is 0 Å². The van der Waals surface area contributed by atoms with Crippen molar-refractivity contribution in [3.8, 4) is 0 Å². The van der Waals surface area contributed by atoms with Gasteiger partial charge in [0.05, 0.1) is 6.10 Å². The number of carbonyl (C=O) groups excluding carboxylic acids is 3. The summed E-state index contributed by atoms with van der Waals surface area (Å²) in [5.41, 5.74) is 5.13. The van der Waals surface area contributed by atoms with E-state index in [4.69, 9.17) is 10.5 Å². The summed E-state index contributed by atoms with van der Waals surface area (Å²) in [7, 11) is 0. The topological polar surface area (TPSA) is 98.5 Å². The molecular weight excluding hydrogens is 332 g/mol. The molecule has 0 aromatic rings. The molecule has 0 bridgehead atoms. The molecule has 0 saturated carbocycles. The van der Waals surface area contributed by atoms with Gasteiger partial charge in [0.25, 0.3) is 0 Å². The van der Waals surface area contributed by atoms with Crippen LogP contribution in [0.2, 0.25) is 0 Å². The fourth-order valence-electron chi connectivity index (χ4n) is 2.71. The van der Waals surface area contributed by atoms with Crippen molar-refractivity contribution >= 4 is 17.8 Å². The second-order valence-electron chi connectivity index (χ2n) is 7.19. The van der Waals surface area contributed by atoms with Crippen LogP contribution in [0.25, 0.3) is 0 Å². The van der Waals surface area contributed by atoms with Crippen LogP contribution in [0.5, 0.6) is 0 Å². The monoisotopic (exact) mass is 370 g/mol. The van der Waals surface area contributed by atoms with E-state index >= 15 is 0 Å². The molecule has 2 amide bonds. The van der Waals surface area contributed by atoms with E-state index in [9.17, 15) is 14.4 Å². The molecule has 0 spiro atoms. The standard InChI is InChI=1S/C20H38N2O4/c1-4-5-6-7-8-9-10-11-12-13-19(24)22-17(14-15-18(21)23)20(25)26-16(2)3/h16-17H,4-15H2,1-3H3,(H2,21,23)(H,22,24). The second-order valence-corrected chi connectivity index (χ2v) is 7.19. The van der Waals surface area contributed by atoms with Crippen LogP contribution >= 0.6 is 0 Å². The molecule has 0 heterocycles. The van der Waals surface area contributed by atoms with E-state index in [1.165, 1.54) is 38.5 Å². The van der Waals surface area contributed by atoms with Gasteiger partial charge in [-0.25, -0.2) is 4.79 Å². The van der Waals surface area contributed by atoms with Crippen LogP contribution in [0.15, 0.2) is 0 Å². The van der Waals surface area contributed by atoms with E-state index in [1.54, 1.807) is 13.8 Å². The third-order valence-corrected chi connectivity index (χ3v) is 4.16. The zero-order valence-corrected chi connectivity index (χ0v) is 16.9. The minimum Gasteiger partial charge on any atom is -0.461 e. The number of esters is 1. The number of hydrogen-bond acceptors (Lipinski definition) is 4. The van der Waals surface area contributed by atoms with Crippen LogP contribution in [-0.2, 0) is 19.1 Å². The van der Waals surface area contributed by atoms with Crippen molar-refractivity contribution in [3.05, 3.63) is 0 Å². The second kappa shape index (κ2) is 15.6. The van der Waals surface area contributed by atoms with E-state index in [1.807, 2.05) is 0 Å². The third kappa shape index (κ3) is 14.7. The van der Waals surface area contributed by atoms with E-state index in [2.05, 4.69) is 12.2 Å². The van der Waals surface area contributed by atoms with Crippen LogP contribution in [0.1, 0.15) is 97.8 Å². The number of nitrogens with two attached hydrogens (primary N) is 1. The average molecular weight is 371 g/mol. The predicted molar refractivity (Wildman–Crippen MR) is 103 cm³/mol. The Bertz CT molecular complexity index is 411. The van der Waals surface area contributed by atoms with Crippen molar-refractivity contribution in [3.63, 3.8) is 0 Å². The number of rotatable bonds is 16. The van der Waals surface area contributed by atoms with Gasteiger partial charge in [-0.2, -0.15) is 0 Å². The van der Waals surface area contributed by atoms with E-state index in [0.717, 1.165) is 19.3 Å². The molecule has 0 radical (unpaired) electrons. The van der Waals surface area contributed by atoms with Crippen molar-refractivity contribution in [1.82, 2.24) is 5.32 Å². The summed E-state index contributed by atoms with van der Waals surface area (Å²) in [5, 5.41) is 2.68. The van der Waals surface area contributed by atoms with Gasteiger partial charge in [-0.15, -0.1) is 0 Å². The lowest BCUT2D eigenvalue weighted by Gasteiger charge is -2.18. The highest BCUT2D eigenvalue weighted by Gasteiger charge is 2.23. The van der Waals surface area contributed by atoms with Gasteiger partial charge in [0.2, 0.25) is 11.8 Å². The van der Waals surface area contributed by atoms with Crippen LogP contribution < -0.4 is 11.1 Å². The number of primary amides is 1. The van der Waals surface area contributed by atoms with Gasteiger partial charge >= 0.3 is 5.97 Å². The first-order chi connectivity index (χ1) is 12.4. The number of ether oxygens (including phenoxy) is 1. The lowest BCUT2D eigenvalue weighted by molar-refractivity contribution is -0.151. The van der Waals surface area contributed by atoms with Gasteiger partial charge in [-0.05, 0) is 26.7 Å². The maximum absolute atomic E-state index is 12.1. The first kappa shape index (κ1) is 24.4. The Morgan fingerprint density at radius 2 is 1.42 bits per heavy atom. The van der Waals surface area contributed by atoms with Gasteiger partial charge in [0.1, 0.15) is 6.04 Å². The highest BCUT2D eigenvalue weighted by Crippen LogP contribution is 2.11. The van der Waals surface area contributed by atoms with E-state index in [-0.39, 0.29) is 24.9 Å². The molecule has 152 valence electrons. The minimum absolute atomic E-state index is 0.0379. The molecule has 0 aliphatic rings. The Kier molecular flexibility index (Phi) is 14.7.